The van der Waals surface area contributed by atoms with Crippen LogP contribution >= 0.6 is 22.9 Å². The van der Waals surface area contributed by atoms with E-state index in [2.05, 4.69) is 5.32 Å². The van der Waals surface area contributed by atoms with Crippen LogP contribution < -0.4 is 5.32 Å². The van der Waals surface area contributed by atoms with Crippen LogP contribution in [-0.4, -0.2) is 53.2 Å². The van der Waals surface area contributed by atoms with Gasteiger partial charge in [0.05, 0.1) is 15.8 Å². The number of hydrogen-bond donors (Lipinski definition) is 2. The Balaban J connectivity index is 2.01. The smallest absolute Gasteiger partial charge is 0.401 e. The number of rotatable bonds is 4. The van der Waals surface area contributed by atoms with E-state index in [4.69, 9.17) is 16.7 Å². The van der Waals surface area contributed by atoms with Crippen molar-refractivity contribution < 1.29 is 27.9 Å². The van der Waals surface area contributed by atoms with Crippen LogP contribution in [0.3, 0.4) is 0 Å². The maximum atomic E-state index is 12.5. The summed E-state index contributed by atoms with van der Waals surface area (Å²) in [5, 5.41) is 11.6. The highest BCUT2D eigenvalue weighted by molar-refractivity contribution is 7.17. The number of carbonyl (C=O) groups excluding carboxylic acids is 1. The second-order valence-corrected chi connectivity index (χ2v) is 6.62. The van der Waals surface area contributed by atoms with E-state index in [1.54, 1.807) is 0 Å². The largest absolute Gasteiger partial charge is 0.480 e. The molecule has 2 N–H and O–H groups in total. The fourth-order valence-electron chi connectivity index (χ4n) is 2.36. The van der Waals surface area contributed by atoms with Crippen molar-refractivity contribution >= 4 is 34.8 Å². The van der Waals surface area contributed by atoms with E-state index in [1.807, 2.05) is 0 Å². The molecule has 0 saturated carbocycles. The Kier molecular flexibility index (Phi) is 4.98. The van der Waals surface area contributed by atoms with Gasteiger partial charge in [-0.2, -0.15) is 13.2 Å². The van der Waals surface area contributed by atoms with Crippen molar-refractivity contribution in [3.05, 3.63) is 21.3 Å². The first-order chi connectivity index (χ1) is 10.2. The minimum absolute atomic E-state index is 0.0732. The van der Waals surface area contributed by atoms with Gasteiger partial charge in [-0.1, -0.05) is 11.6 Å². The molecule has 2 heterocycles. The molecule has 0 radical (unpaired) electrons. The van der Waals surface area contributed by atoms with Crippen LogP contribution in [0.1, 0.15) is 16.1 Å². The van der Waals surface area contributed by atoms with E-state index in [1.165, 1.54) is 12.1 Å². The van der Waals surface area contributed by atoms with Gasteiger partial charge in [0.1, 0.15) is 6.04 Å². The third kappa shape index (κ3) is 4.34. The van der Waals surface area contributed by atoms with Gasteiger partial charge >= 0.3 is 12.1 Å². The molecule has 1 amide bonds. The Morgan fingerprint density at radius 2 is 2.14 bits per heavy atom. The maximum Gasteiger partial charge on any atom is 0.401 e. The number of nitrogens with one attached hydrogen (secondary N) is 1. The number of likely N-dealkylation sites (tertiary alicyclic amines) is 1. The first kappa shape index (κ1) is 17.0. The summed E-state index contributed by atoms with van der Waals surface area (Å²) in [6.45, 7) is -1.48. The summed E-state index contributed by atoms with van der Waals surface area (Å²) in [6.07, 6.45) is -4.57. The van der Waals surface area contributed by atoms with Crippen LogP contribution in [0.2, 0.25) is 4.34 Å². The van der Waals surface area contributed by atoms with Crippen LogP contribution in [-0.2, 0) is 4.79 Å². The SMILES string of the molecule is O=C(N[C@H]1C[C@@H](C(=O)O)N(CC(F)(F)F)C1)c1ccc(Cl)s1. The number of carbonyl (C=O) groups is 2. The molecule has 122 valence electrons. The highest BCUT2D eigenvalue weighted by atomic mass is 35.5. The Morgan fingerprint density at radius 1 is 1.45 bits per heavy atom. The molecular weight excluding hydrogens is 345 g/mol. The van der Waals surface area contributed by atoms with E-state index < -0.39 is 36.7 Å². The fourth-order valence-corrected chi connectivity index (χ4v) is 3.31. The molecule has 22 heavy (non-hydrogen) atoms. The first-order valence-corrected chi connectivity index (χ1v) is 7.45. The van der Waals surface area contributed by atoms with Gasteiger partial charge in [0.25, 0.3) is 5.91 Å². The molecule has 2 atom stereocenters. The van der Waals surface area contributed by atoms with Crippen molar-refractivity contribution in [1.29, 1.82) is 0 Å². The van der Waals surface area contributed by atoms with Gasteiger partial charge in [-0.15, -0.1) is 11.3 Å². The topological polar surface area (TPSA) is 69.6 Å². The first-order valence-electron chi connectivity index (χ1n) is 6.25. The Hall–Kier alpha value is -1.32. The number of carboxylic acids is 1. The molecule has 0 aromatic carbocycles. The number of thiophene rings is 1. The minimum atomic E-state index is -4.49. The highest BCUT2D eigenvalue weighted by Crippen LogP contribution is 2.26. The molecular formula is C12H12ClF3N2O3S. The average molecular weight is 357 g/mol. The molecule has 0 aliphatic carbocycles. The van der Waals surface area contributed by atoms with Gasteiger partial charge < -0.3 is 10.4 Å². The molecule has 1 saturated heterocycles. The Bertz CT molecular complexity index is 578. The lowest BCUT2D eigenvalue weighted by Gasteiger charge is -2.22. The molecule has 0 spiro atoms. The lowest BCUT2D eigenvalue weighted by molar-refractivity contribution is -0.157. The van der Waals surface area contributed by atoms with E-state index in [-0.39, 0.29) is 13.0 Å². The zero-order valence-corrected chi connectivity index (χ0v) is 12.6. The molecule has 1 aromatic rings. The van der Waals surface area contributed by atoms with Crippen molar-refractivity contribution in [2.24, 2.45) is 0 Å². The van der Waals surface area contributed by atoms with E-state index >= 15 is 0 Å². The van der Waals surface area contributed by atoms with E-state index in [0.29, 0.717) is 9.21 Å². The molecule has 10 heteroatoms. The molecule has 1 aliphatic rings. The second kappa shape index (κ2) is 6.43. The number of hydrogen-bond acceptors (Lipinski definition) is 4. The zero-order chi connectivity index (χ0) is 16.5. The monoisotopic (exact) mass is 356 g/mol. The van der Waals surface area contributed by atoms with Crippen molar-refractivity contribution in [3.63, 3.8) is 0 Å². The molecule has 2 rings (SSSR count). The summed E-state index contributed by atoms with van der Waals surface area (Å²) >= 11 is 6.75. The number of carboxylic acid groups (broad SMARTS) is 1. The van der Waals surface area contributed by atoms with Gasteiger partial charge in [-0.05, 0) is 18.6 Å². The van der Waals surface area contributed by atoms with Crippen LogP contribution in [0, 0.1) is 0 Å². The van der Waals surface area contributed by atoms with Gasteiger partial charge in [-0.25, -0.2) is 0 Å². The van der Waals surface area contributed by atoms with Gasteiger partial charge in [0, 0.05) is 12.6 Å². The third-order valence-corrected chi connectivity index (χ3v) is 4.43. The summed E-state index contributed by atoms with van der Waals surface area (Å²) in [5.41, 5.74) is 0. The molecule has 0 bridgehead atoms. The lowest BCUT2D eigenvalue weighted by Crippen LogP contribution is -2.42. The predicted molar refractivity (Wildman–Crippen MR) is 74.3 cm³/mol. The quantitative estimate of drug-likeness (QED) is 0.868. The second-order valence-electron chi connectivity index (χ2n) is 4.91. The molecule has 0 unspecified atom stereocenters. The van der Waals surface area contributed by atoms with Crippen molar-refractivity contribution in [2.45, 2.75) is 24.7 Å². The summed E-state index contributed by atoms with van der Waals surface area (Å²) in [4.78, 5) is 24.1. The predicted octanol–water partition coefficient (Wildman–Crippen LogP) is 2.22. The van der Waals surface area contributed by atoms with Gasteiger partial charge in [0.15, 0.2) is 0 Å². The van der Waals surface area contributed by atoms with Crippen LogP contribution in [0.5, 0.6) is 0 Å². The maximum absolute atomic E-state index is 12.5. The zero-order valence-electron chi connectivity index (χ0n) is 11.1. The van der Waals surface area contributed by atoms with Crippen molar-refractivity contribution in [3.8, 4) is 0 Å². The Morgan fingerprint density at radius 3 is 2.64 bits per heavy atom. The molecule has 5 nitrogen and oxygen atoms in total. The fraction of sp³-hybridized carbons (Fsp3) is 0.500. The van der Waals surface area contributed by atoms with Crippen LogP contribution in [0.25, 0.3) is 0 Å². The van der Waals surface area contributed by atoms with Gasteiger partial charge in [0.2, 0.25) is 0 Å². The summed E-state index contributed by atoms with van der Waals surface area (Å²) in [6, 6.07) is 1.11. The van der Waals surface area contributed by atoms with Crippen LogP contribution in [0.15, 0.2) is 12.1 Å². The molecule has 1 aromatic heterocycles. The van der Waals surface area contributed by atoms with Crippen molar-refractivity contribution in [1.82, 2.24) is 10.2 Å². The van der Waals surface area contributed by atoms with E-state index in [9.17, 15) is 22.8 Å². The van der Waals surface area contributed by atoms with Gasteiger partial charge in [-0.3, -0.25) is 14.5 Å². The molecule has 1 fully saturated rings. The number of alkyl halides is 3. The Labute approximate surface area is 132 Å². The number of nitrogens with zero attached hydrogens (tertiary/aromatic N) is 1. The normalized spacial score (nSPS) is 22.7. The minimum Gasteiger partial charge on any atom is -0.480 e. The highest BCUT2D eigenvalue weighted by Gasteiger charge is 2.43. The summed E-state index contributed by atoms with van der Waals surface area (Å²) in [7, 11) is 0. The number of halogens is 4. The summed E-state index contributed by atoms with van der Waals surface area (Å²) in [5.74, 6) is -1.81. The number of amides is 1. The third-order valence-electron chi connectivity index (χ3n) is 3.20. The van der Waals surface area contributed by atoms with Crippen LogP contribution in [0.4, 0.5) is 13.2 Å². The lowest BCUT2D eigenvalue weighted by atomic mass is 10.1. The molecule has 1 aliphatic heterocycles. The van der Waals surface area contributed by atoms with Crippen molar-refractivity contribution in [2.75, 3.05) is 13.1 Å². The number of aliphatic carboxylic acids is 1. The van der Waals surface area contributed by atoms with E-state index in [0.717, 1.165) is 16.2 Å². The standard InChI is InChI=1S/C12H12ClF3N2O3S/c13-9-2-1-8(22-9)10(19)17-6-3-7(11(20)21)18(4-6)5-12(14,15)16/h1-2,6-7H,3-5H2,(H,17,19)(H,20,21)/t6-,7-/m0/s1. The average Bonchev–Trinajstić information content (AvgIpc) is 2.94. The summed E-state index contributed by atoms with van der Waals surface area (Å²) < 4.78 is 37.8.